The number of hydrogen-bond donors (Lipinski definition) is 1. The Labute approximate surface area is 116 Å². The first kappa shape index (κ1) is 15.0. The van der Waals surface area contributed by atoms with E-state index in [-0.39, 0.29) is 5.91 Å². The van der Waals surface area contributed by atoms with Crippen molar-refractivity contribution in [3.8, 4) is 0 Å². The normalized spacial score (nSPS) is 10.8. The van der Waals surface area contributed by atoms with Gasteiger partial charge in [-0.15, -0.1) is 11.3 Å². The summed E-state index contributed by atoms with van der Waals surface area (Å²) in [6.45, 7) is 7.11. The van der Waals surface area contributed by atoms with Crippen molar-refractivity contribution in [2.45, 2.75) is 6.92 Å². The molecule has 0 spiro atoms. The second-order valence-corrected chi connectivity index (χ2v) is 5.52. The number of hydrogen-bond acceptors (Lipinski definition) is 3. The van der Waals surface area contributed by atoms with Gasteiger partial charge in [-0.25, -0.2) is 0 Å². The average molecular weight is 286 g/mol. The molecule has 0 fully saturated rings. The zero-order valence-electron chi connectivity index (χ0n) is 10.2. The first-order valence-corrected chi connectivity index (χ1v) is 6.71. The summed E-state index contributed by atoms with van der Waals surface area (Å²) in [4.78, 5) is 12.4. The highest BCUT2D eigenvalue weighted by molar-refractivity contribution is 7.17. The number of nitrogens with one attached hydrogen (secondary N) is 1. The van der Waals surface area contributed by atoms with E-state index in [9.17, 15) is 4.79 Å². The molecule has 3 nitrogen and oxygen atoms in total. The SMILES string of the molecule is C=C(C)COCCNC(=O)/C=C/c1ccc(Cl)s1. The van der Waals surface area contributed by atoms with Gasteiger partial charge in [-0.3, -0.25) is 4.79 Å². The second kappa shape index (κ2) is 8.08. The summed E-state index contributed by atoms with van der Waals surface area (Å²) >= 11 is 7.21. The van der Waals surface area contributed by atoms with Crippen molar-refractivity contribution in [3.63, 3.8) is 0 Å². The second-order valence-electron chi connectivity index (χ2n) is 3.78. The van der Waals surface area contributed by atoms with Crippen LogP contribution in [0.4, 0.5) is 0 Å². The number of carbonyl (C=O) groups excluding carboxylic acids is 1. The van der Waals surface area contributed by atoms with Gasteiger partial charge in [0, 0.05) is 17.5 Å². The van der Waals surface area contributed by atoms with Crippen LogP contribution in [-0.2, 0) is 9.53 Å². The molecule has 0 unspecified atom stereocenters. The maximum absolute atomic E-state index is 11.4. The van der Waals surface area contributed by atoms with Gasteiger partial charge in [-0.2, -0.15) is 0 Å². The Morgan fingerprint density at radius 3 is 3.00 bits per heavy atom. The summed E-state index contributed by atoms with van der Waals surface area (Å²) in [5.41, 5.74) is 0.968. The molecule has 0 saturated carbocycles. The zero-order chi connectivity index (χ0) is 13.4. The van der Waals surface area contributed by atoms with Crippen molar-refractivity contribution in [1.29, 1.82) is 0 Å². The predicted octanol–water partition coefficient (Wildman–Crippen LogP) is 3.12. The molecule has 0 aliphatic rings. The van der Waals surface area contributed by atoms with Gasteiger partial charge in [0.25, 0.3) is 0 Å². The van der Waals surface area contributed by atoms with Crippen molar-refractivity contribution in [3.05, 3.63) is 39.6 Å². The van der Waals surface area contributed by atoms with E-state index < -0.39 is 0 Å². The van der Waals surface area contributed by atoms with Crippen LogP contribution < -0.4 is 5.32 Å². The van der Waals surface area contributed by atoms with E-state index >= 15 is 0 Å². The van der Waals surface area contributed by atoms with Crippen molar-refractivity contribution in [2.75, 3.05) is 19.8 Å². The molecule has 0 radical (unpaired) electrons. The number of carbonyl (C=O) groups is 1. The molecular weight excluding hydrogens is 270 g/mol. The standard InChI is InChI=1S/C13H16ClNO2S/c1-10(2)9-17-8-7-15-13(16)6-4-11-3-5-12(14)18-11/h3-6H,1,7-9H2,2H3,(H,15,16)/b6-4+. The van der Waals surface area contributed by atoms with Crippen LogP contribution >= 0.6 is 22.9 Å². The molecule has 1 aromatic heterocycles. The lowest BCUT2D eigenvalue weighted by Gasteiger charge is -2.03. The predicted molar refractivity (Wildman–Crippen MR) is 77.0 cm³/mol. The number of ether oxygens (including phenoxy) is 1. The van der Waals surface area contributed by atoms with Crippen molar-refractivity contribution < 1.29 is 9.53 Å². The summed E-state index contributed by atoms with van der Waals surface area (Å²) in [7, 11) is 0. The Hall–Kier alpha value is -1.10. The van der Waals surface area contributed by atoms with Crippen molar-refractivity contribution in [1.82, 2.24) is 5.32 Å². The van der Waals surface area contributed by atoms with Crippen LogP contribution in [0, 0.1) is 0 Å². The van der Waals surface area contributed by atoms with Crippen molar-refractivity contribution >= 4 is 34.9 Å². The molecule has 98 valence electrons. The summed E-state index contributed by atoms with van der Waals surface area (Å²) in [5, 5.41) is 2.72. The molecule has 1 amide bonds. The monoisotopic (exact) mass is 285 g/mol. The maximum Gasteiger partial charge on any atom is 0.244 e. The highest BCUT2D eigenvalue weighted by atomic mass is 35.5. The fourth-order valence-electron chi connectivity index (χ4n) is 1.13. The lowest BCUT2D eigenvalue weighted by molar-refractivity contribution is -0.116. The smallest absolute Gasteiger partial charge is 0.244 e. The molecule has 0 aliphatic heterocycles. The minimum Gasteiger partial charge on any atom is -0.375 e. The molecule has 1 N–H and O–H groups in total. The largest absolute Gasteiger partial charge is 0.375 e. The number of halogens is 1. The van der Waals surface area contributed by atoms with Crippen molar-refractivity contribution in [2.24, 2.45) is 0 Å². The Morgan fingerprint density at radius 2 is 2.39 bits per heavy atom. The van der Waals surface area contributed by atoms with E-state index in [0.29, 0.717) is 24.1 Å². The van der Waals surface area contributed by atoms with Gasteiger partial charge in [0.15, 0.2) is 0 Å². The summed E-state index contributed by atoms with van der Waals surface area (Å²) < 4.78 is 5.97. The molecule has 18 heavy (non-hydrogen) atoms. The van der Waals surface area contributed by atoms with E-state index in [2.05, 4.69) is 11.9 Å². The zero-order valence-corrected chi connectivity index (χ0v) is 11.8. The third-order valence-corrected chi connectivity index (χ3v) is 3.08. The van der Waals surface area contributed by atoms with Gasteiger partial charge in [0.05, 0.1) is 17.6 Å². The van der Waals surface area contributed by atoms with Crippen LogP contribution in [-0.4, -0.2) is 25.7 Å². The van der Waals surface area contributed by atoms with E-state index in [1.54, 1.807) is 12.1 Å². The van der Waals surface area contributed by atoms with Gasteiger partial charge in [-0.05, 0) is 25.1 Å². The van der Waals surface area contributed by atoms with Gasteiger partial charge >= 0.3 is 0 Å². The number of rotatable bonds is 7. The molecular formula is C13H16ClNO2S. The fourth-order valence-corrected chi connectivity index (χ4v) is 2.09. The van der Waals surface area contributed by atoms with Crippen LogP contribution in [0.25, 0.3) is 6.08 Å². The third kappa shape index (κ3) is 6.59. The van der Waals surface area contributed by atoms with Gasteiger partial charge in [0.2, 0.25) is 5.91 Å². The quantitative estimate of drug-likeness (QED) is 0.475. The molecule has 1 heterocycles. The summed E-state index contributed by atoms with van der Waals surface area (Å²) in [6.07, 6.45) is 3.22. The molecule has 1 aromatic rings. The number of amides is 1. The Morgan fingerprint density at radius 1 is 1.61 bits per heavy atom. The van der Waals surface area contributed by atoms with Gasteiger partial charge in [-0.1, -0.05) is 23.8 Å². The van der Waals surface area contributed by atoms with Crippen LogP contribution in [0.5, 0.6) is 0 Å². The fraction of sp³-hybridized carbons (Fsp3) is 0.308. The lowest BCUT2D eigenvalue weighted by atomic mass is 10.4. The first-order chi connectivity index (χ1) is 8.58. The van der Waals surface area contributed by atoms with Crippen LogP contribution in [0.3, 0.4) is 0 Å². The lowest BCUT2D eigenvalue weighted by Crippen LogP contribution is -2.25. The van der Waals surface area contributed by atoms with E-state index in [1.165, 1.54) is 17.4 Å². The Balaban J connectivity index is 2.17. The van der Waals surface area contributed by atoms with E-state index in [4.69, 9.17) is 16.3 Å². The molecule has 0 atom stereocenters. The molecule has 0 aromatic carbocycles. The third-order valence-electron chi connectivity index (χ3n) is 1.89. The topological polar surface area (TPSA) is 38.3 Å². The van der Waals surface area contributed by atoms with Crippen LogP contribution in [0.15, 0.2) is 30.4 Å². The minimum absolute atomic E-state index is 0.140. The summed E-state index contributed by atoms with van der Waals surface area (Å²) in [5.74, 6) is -0.140. The molecule has 5 heteroatoms. The van der Waals surface area contributed by atoms with Crippen LogP contribution in [0.1, 0.15) is 11.8 Å². The Kier molecular flexibility index (Phi) is 6.72. The van der Waals surface area contributed by atoms with Gasteiger partial charge < -0.3 is 10.1 Å². The minimum atomic E-state index is -0.140. The molecule has 0 saturated heterocycles. The highest BCUT2D eigenvalue weighted by Gasteiger charge is 1.97. The maximum atomic E-state index is 11.4. The number of thiophene rings is 1. The average Bonchev–Trinajstić information content (AvgIpc) is 2.71. The Bertz CT molecular complexity index is 440. The summed E-state index contributed by atoms with van der Waals surface area (Å²) in [6, 6.07) is 3.67. The molecule has 1 rings (SSSR count). The van der Waals surface area contributed by atoms with Gasteiger partial charge in [0.1, 0.15) is 0 Å². The molecule has 0 aliphatic carbocycles. The highest BCUT2D eigenvalue weighted by Crippen LogP contribution is 2.22. The molecule has 0 bridgehead atoms. The van der Waals surface area contributed by atoms with E-state index in [0.717, 1.165) is 10.5 Å². The first-order valence-electron chi connectivity index (χ1n) is 5.51. The van der Waals surface area contributed by atoms with Crippen LogP contribution in [0.2, 0.25) is 4.34 Å². The van der Waals surface area contributed by atoms with E-state index in [1.807, 2.05) is 13.0 Å².